The van der Waals surface area contributed by atoms with Gasteiger partial charge >= 0.3 is 0 Å². The first-order valence-electron chi connectivity index (χ1n) is 5.86. The molecule has 3 atom stereocenters. The summed E-state index contributed by atoms with van der Waals surface area (Å²) < 4.78 is 0. The number of amides is 2. The first-order chi connectivity index (χ1) is 8.31. The van der Waals surface area contributed by atoms with Gasteiger partial charge in [0, 0.05) is 11.8 Å². The van der Waals surface area contributed by atoms with Gasteiger partial charge in [0.05, 0.1) is 0 Å². The van der Waals surface area contributed by atoms with Gasteiger partial charge < -0.3 is 0 Å². The molecule has 5 heteroatoms. The molecule has 1 aliphatic rings. The van der Waals surface area contributed by atoms with Crippen LogP contribution in [0.15, 0.2) is 11.6 Å². The Labute approximate surface area is 106 Å². The number of allylic oxidation sites excluding steroid dienone is 2. The molecule has 1 N–H and O–H groups in total. The maximum absolute atomic E-state index is 12.1. The summed E-state index contributed by atoms with van der Waals surface area (Å²) in [6.07, 6.45) is 1.55. The van der Waals surface area contributed by atoms with E-state index in [4.69, 9.17) is 0 Å². The third kappa shape index (κ3) is 2.39. The second-order valence-electron chi connectivity index (χ2n) is 4.60. The van der Waals surface area contributed by atoms with Crippen LogP contribution in [0.3, 0.4) is 0 Å². The first kappa shape index (κ1) is 14.3. The van der Waals surface area contributed by atoms with Gasteiger partial charge in [-0.25, -0.2) is 0 Å². The standard InChI is InChI=1S/C13H17NO4/c1-5-6(2)10(15)9-11(16)7(3)8(4)12(17)14-13(9)18/h5,7-9H,1-4H3,(H,14,17,18). The minimum Gasteiger partial charge on any atom is -0.298 e. The second kappa shape index (κ2) is 5.25. The van der Waals surface area contributed by atoms with E-state index >= 15 is 0 Å². The maximum atomic E-state index is 12.1. The van der Waals surface area contributed by atoms with E-state index in [0.717, 1.165) is 0 Å². The minimum absolute atomic E-state index is 0.345. The smallest absolute Gasteiger partial charge is 0.245 e. The molecule has 0 aromatic heterocycles. The van der Waals surface area contributed by atoms with Crippen molar-refractivity contribution >= 4 is 23.4 Å². The molecule has 18 heavy (non-hydrogen) atoms. The van der Waals surface area contributed by atoms with Gasteiger partial charge in [-0.05, 0) is 19.4 Å². The van der Waals surface area contributed by atoms with Gasteiger partial charge in [-0.15, -0.1) is 0 Å². The van der Waals surface area contributed by atoms with Crippen molar-refractivity contribution < 1.29 is 19.2 Å². The number of nitrogens with one attached hydrogen (secondary N) is 1. The van der Waals surface area contributed by atoms with E-state index < -0.39 is 41.1 Å². The number of hydrogen-bond donors (Lipinski definition) is 1. The fourth-order valence-corrected chi connectivity index (χ4v) is 1.79. The molecule has 0 spiro atoms. The zero-order chi connectivity index (χ0) is 14.0. The minimum atomic E-state index is -1.40. The van der Waals surface area contributed by atoms with E-state index in [0.29, 0.717) is 5.57 Å². The Morgan fingerprint density at radius 3 is 2.17 bits per heavy atom. The maximum Gasteiger partial charge on any atom is 0.245 e. The molecule has 1 fully saturated rings. The van der Waals surface area contributed by atoms with Crippen LogP contribution in [0, 0.1) is 17.8 Å². The first-order valence-corrected chi connectivity index (χ1v) is 5.86. The van der Waals surface area contributed by atoms with E-state index in [-0.39, 0.29) is 0 Å². The summed E-state index contributed by atoms with van der Waals surface area (Å²) in [5.74, 6) is -4.99. The molecule has 1 aliphatic heterocycles. The molecule has 0 aromatic carbocycles. The molecule has 1 heterocycles. The van der Waals surface area contributed by atoms with Crippen LogP contribution in [0.25, 0.3) is 0 Å². The number of carbonyl (C=O) groups is 4. The Bertz CT molecular complexity index is 450. The Hall–Kier alpha value is -1.78. The Morgan fingerprint density at radius 1 is 1.11 bits per heavy atom. The van der Waals surface area contributed by atoms with Crippen LogP contribution >= 0.6 is 0 Å². The lowest BCUT2D eigenvalue weighted by molar-refractivity contribution is -0.140. The van der Waals surface area contributed by atoms with Gasteiger partial charge in [0.25, 0.3) is 0 Å². The van der Waals surface area contributed by atoms with Gasteiger partial charge in [0.15, 0.2) is 17.5 Å². The Morgan fingerprint density at radius 2 is 1.67 bits per heavy atom. The van der Waals surface area contributed by atoms with E-state index in [1.165, 1.54) is 0 Å². The highest BCUT2D eigenvalue weighted by atomic mass is 16.2. The van der Waals surface area contributed by atoms with Crippen molar-refractivity contribution in [2.75, 3.05) is 0 Å². The van der Waals surface area contributed by atoms with Crippen molar-refractivity contribution in [3.63, 3.8) is 0 Å². The van der Waals surface area contributed by atoms with Gasteiger partial charge in [-0.3, -0.25) is 24.5 Å². The van der Waals surface area contributed by atoms with Crippen molar-refractivity contribution in [1.29, 1.82) is 0 Å². The van der Waals surface area contributed by atoms with Crippen LogP contribution in [-0.4, -0.2) is 23.4 Å². The molecule has 3 unspecified atom stereocenters. The summed E-state index contributed by atoms with van der Waals surface area (Å²) in [5.41, 5.74) is 0.345. The summed E-state index contributed by atoms with van der Waals surface area (Å²) in [7, 11) is 0. The molecule has 0 aromatic rings. The fourth-order valence-electron chi connectivity index (χ4n) is 1.79. The molecule has 2 amide bonds. The molecule has 98 valence electrons. The van der Waals surface area contributed by atoms with Gasteiger partial charge in [-0.2, -0.15) is 0 Å². The molecular formula is C13H17NO4. The third-order valence-electron chi connectivity index (χ3n) is 3.49. The van der Waals surface area contributed by atoms with Crippen molar-refractivity contribution in [1.82, 2.24) is 5.32 Å². The zero-order valence-corrected chi connectivity index (χ0v) is 10.9. The third-order valence-corrected chi connectivity index (χ3v) is 3.49. The normalized spacial score (nSPS) is 29.9. The largest absolute Gasteiger partial charge is 0.298 e. The van der Waals surface area contributed by atoms with E-state index in [9.17, 15) is 19.2 Å². The van der Waals surface area contributed by atoms with Crippen molar-refractivity contribution in [3.05, 3.63) is 11.6 Å². The number of carbonyl (C=O) groups excluding carboxylic acids is 4. The summed E-state index contributed by atoms with van der Waals surface area (Å²) >= 11 is 0. The lowest BCUT2D eigenvalue weighted by Crippen LogP contribution is -2.40. The molecule has 0 bridgehead atoms. The molecule has 5 nitrogen and oxygen atoms in total. The quantitative estimate of drug-likeness (QED) is 0.443. The summed E-state index contributed by atoms with van der Waals surface area (Å²) in [6, 6.07) is 0. The summed E-state index contributed by atoms with van der Waals surface area (Å²) in [6.45, 7) is 6.34. The molecular weight excluding hydrogens is 234 g/mol. The van der Waals surface area contributed by atoms with Crippen LogP contribution in [0.1, 0.15) is 27.7 Å². The van der Waals surface area contributed by atoms with E-state index in [1.54, 1.807) is 33.8 Å². The van der Waals surface area contributed by atoms with Gasteiger partial charge in [0.2, 0.25) is 11.8 Å². The predicted molar refractivity (Wildman–Crippen MR) is 64.4 cm³/mol. The monoisotopic (exact) mass is 251 g/mol. The van der Waals surface area contributed by atoms with Gasteiger partial charge in [0.1, 0.15) is 0 Å². The second-order valence-corrected chi connectivity index (χ2v) is 4.60. The number of ketones is 2. The molecule has 1 saturated heterocycles. The zero-order valence-electron chi connectivity index (χ0n) is 10.9. The SMILES string of the molecule is CC=C(C)C(=O)C1C(=O)NC(=O)C(C)C(C)C1=O. The van der Waals surface area contributed by atoms with Crippen molar-refractivity contribution in [3.8, 4) is 0 Å². The highest BCUT2D eigenvalue weighted by molar-refractivity contribution is 6.27. The lowest BCUT2D eigenvalue weighted by Gasteiger charge is -2.15. The van der Waals surface area contributed by atoms with Crippen LogP contribution in [0.5, 0.6) is 0 Å². The number of rotatable bonds is 2. The van der Waals surface area contributed by atoms with Crippen LogP contribution in [0.2, 0.25) is 0 Å². The average molecular weight is 251 g/mol. The van der Waals surface area contributed by atoms with Gasteiger partial charge in [-0.1, -0.05) is 19.9 Å². The number of imide groups is 1. The number of Topliss-reactive ketones (excluding diaryl/α,β-unsaturated/α-hetero) is 2. The van der Waals surface area contributed by atoms with Crippen molar-refractivity contribution in [2.45, 2.75) is 27.7 Å². The fraction of sp³-hybridized carbons (Fsp3) is 0.538. The summed E-state index contributed by atoms with van der Waals surface area (Å²) in [4.78, 5) is 47.5. The molecule has 1 rings (SSSR count). The van der Waals surface area contributed by atoms with Crippen molar-refractivity contribution in [2.24, 2.45) is 17.8 Å². The van der Waals surface area contributed by atoms with Crippen LogP contribution in [-0.2, 0) is 19.2 Å². The summed E-state index contributed by atoms with van der Waals surface area (Å²) in [5, 5.41) is 2.12. The highest BCUT2D eigenvalue weighted by Gasteiger charge is 2.43. The Kier molecular flexibility index (Phi) is 4.16. The Balaban J connectivity index is 3.18. The average Bonchev–Trinajstić information content (AvgIpc) is 2.40. The highest BCUT2D eigenvalue weighted by Crippen LogP contribution is 2.23. The lowest BCUT2D eigenvalue weighted by atomic mass is 9.83. The van der Waals surface area contributed by atoms with E-state index in [2.05, 4.69) is 5.32 Å². The molecule has 0 radical (unpaired) electrons. The number of hydrogen-bond acceptors (Lipinski definition) is 4. The van der Waals surface area contributed by atoms with Crippen LogP contribution in [0.4, 0.5) is 0 Å². The molecule has 0 aliphatic carbocycles. The predicted octanol–water partition coefficient (Wildman–Crippen LogP) is 0.636. The topological polar surface area (TPSA) is 80.3 Å². The van der Waals surface area contributed by atoms with E-state index in [1.807, 2.05) is 0 Å². The van der Waals surface area contributed by atoms with Crippen LogP contribution < -0.4 is 5.32 Å². The molecule has 0 saturated carbocycles.